The van der Waals surface area contributed by atoms with E-state index in [2.05, 4.69) is 0 Å². The molecule has 0 amide bonds. The minimum absolute atomic E-state index is 0.267. The van der Waals surface area contributed by atoms with Crippen LogP contribution in [0.25, 0.3) is 0 Å². The summed E-state index contributed by atoms with van der Waals surface area (Å²) in [6, 6.07) is 12.5. The van der Waals surface area contributed by atoms with Crippen molar-refractivity contribution in [2.45, 2.75) is 0 Å². The predicted octanol–water partition coefficient (Wildman–Crippen LogP) is 2.31. The van der Waals surface area contributed by atoms with Crippen molar-refractivity contribution < 1.29 is 8.78 Å². The fourth-order valence-corrected chi connectivity index (χ4v) is 7.62. The molecule has 0 heterocycles. The van der Waals surface area contributed by atoms with Crippen molar-refractivity contribution in [3.05, 3.63) is 60.2 Å². The molecule has 0 aliphatic rings. The van der Waals surface area contributed by atoms with E-state index in [1.54, 1.807) is 24.3 Å². The van der Waals surface area contributed by atoms with E-state index in [4.69, 9.17) is 8.51 Å². The van der Waals surface area contributed by atoms with E-state index in [0.29, 0.717) is 0 Å². The van der Waals surface area contributed by atoms with Crippen LogP contribution in [0.3, 0.4) is 0 Å². The van der Waals surface area contributed by atoms with E-state index in [0.717, 1.165) is 6.54 Å². The van der Waals surface area contributed by atoms with Crippen LogP contribution in [0.2, 0.25) is 0 Å². The molecule has 2 rings (SSSR count). The Bertz CT molecular complexity index is 422. The van der Waals surface area contributed by atoms with Gasteiger partial charge in [-0.3, -0.25) is 0 Å². The van der Waals surface area contributed by atoms with Crippen LogP contribution in [0.15, 0.2) is 48.5 Å². The average molecular weight is 435 g/mol. The molecule has 0 saturated carbocycles. The SMILES string of the molecule is Fc1cc[c]([Bi]([Cl])[c]2ccc(F)cc2)cc1. The Morgan fingerprint density at radius 3 is 1.31 bits per heavy atom. The molecular weight excluding hydrogens is 427 g/mol. The third-order valence-electron chi connectivity index (χ3n) is 2.11. The van der Waals surface area contributed by atoms with Gasteiger partial charge >= 0.3 is 105 Å². The molecule has 2 aromatic carbocycles. The van der Waals surface area contributed by atoms with E-state index in [9.17, 15) is 8.78 Å². The Labute approximate surface area is 104 Å². The van der Waals surface area contributed by atoms with Gasteiger partial charge in [-0.05, 0) is 0 Å². The standard InChI is InChI=1S/2C6H4F.Bi.ClH/c2*7-6-4-2-1-3-5-6;;/h2*2-5H;;1H/q;;+1;/p-1. The predicted molar refractivity (Wildman–Crippen MR) is 63.7 cm³/mol. The van der Waals surface area contributed by atoms with E-state index in [-0.39, 0.29) is 11.6 Å². The van der Waals surface area contributed by atoms with Gasteiger partial charge in [0.1, 0.15) is 0 Å². The van der Waals surface area contributed by atoms with E-state index in [1.165, 1.54) is 24.3 Å². The number of benzene rings is 2. The Kier molecular flexibility index (Phi) is 3.88. The summed E-state index contributed by atoms with van der Waals surface area (Å²) >= 11 is -2.49. The van der Waals surface area contributed by atoms with Crippen LogP contribution in [0.5, 0.6) is 0 Å². The van der Waals surface area contributed by atoms with Crippen LogP contribution >= 0.6 is 8.51 Å². The monoisotopic (exact) mass is 434 g/mol. The molecule has 16 heavy (non-hydrogen) atoms. The molecule has 0 saturated heterocycles. The second-order valence-electron chi connectivity index (χ2n) is 3.23. The molecule has 0 spiro atoms. The van der Waals surface area contributed by atoms with Crippen molar-refractivity contribution in [2.24, 2.45) is 0 Å². The molecule has 0 atom stereocenters. The van der Waals surface area contributed by atoms with Crippen LogP contribution in [0, 0.1) is 11.6 Å². The van der Waals surface area contributed by atoms with Gasteiger partial charge in [0, 0.05) is 0 Å². The van der Waals surface area contributed by atoms with E-state index < -0.39 is 20.6 Å². The van der Waals surface area contributed by atoms with Gasteiger partial charge < -0.3 is 0 Å². The van der Waals surface area contributed by atoms with Crippen LogP contribution < -0.4 is 6.54 Å². The maximum atomic E-state index is 12.7. The molecule has 4 heteroatoms. The summed E-state index contributed by atoms with van der Waals surface area (Å²) in [4.78, 5) is 0. The Hall–Kier alpha value is -0.527. The third-order valence-corrected chi connectivity index (χ3v) is 11.4. The second kappa shape index (κ2) is 5.20. The molecule has 0 N–H and O–H groups in total. The van der Waals surface area contributed by atoms with Gasteiger partial charge in [-0.15, -0.1) is 0 Å². The normalized spacial score (nSPS) is 10.8. The molecule has 0 radical (unpaired) electrons. The first-order chi connectivity index (χ1) is 7.66. The van der Waals surface area contributed by atoms with Gasteiger partial charge in [0.15, 0.2) is 0 Å². The molecule has 0 unspecified atom stereocenters. The third kappa shape index (κ3) is 2.78. The number of hydrogen-bond acceptors (Lipinski definition) is 0. The summed E-state index contributed by atoms with van der Waals surface area (Å²) in [5.41, 5.74) is 0. The molecule has 0 aliphatic heterocycles. The second-order valence-corrected chi connectivity index (χ2v) is 12.4. The van der Waals surface area contributed by atoms with Crippen LogP contribution in [-0.4, -0.2) is 20.6 Å². The quantitative estimate of drug-likeness (QED) is 0.637. The number of rotatable bonds is 2. The van der Waals surface area contributed by atoms with Gasteiger partial charge in [-0.25, -0.2) is 0 Å². The Morgan fingerprint density at radius 2 is 1.00 bits per heavy atom. The van der Waals surface area contributed by atoms with Crippen molar-refractivity contribution in [1.29, 1.82) is 0 Å². The first-order valence-corrected chi connectivity index (χ1v) is 12.4. The van der Waals surface area contributed by atoms with Gasteiger partial charge in [0.05, 0.1) is 0 Å². The molecule has 0 bridgehead atoms. The van der Waals surface area contributed by atoms with Crippen molar-refractivity contribution in [3.8, 4) is 0 Å². The fourth-order valence-electron chi connectivity index (χ4n) is 1.29. The summed E-state index contributed by atoms with van der Waals surface area (Å²) in [6.07, 6.45) is 0. The maximum absolute atomic E-state index is 12.7. The Balaban J connectivity index is 2.28. The summed E-state index contributed by atoms with van der Waals surface area (Å²) in [5.74, 6) is -0.533. The molecular formula is C12H8BiClF2. The van der Waals surface area contributed by atoms with E-state index in [1.807, 2.05) is 0 Å². The topological polar surface area (TPSA) is 0 Å². The molecule has 0 nitrogen and oxygen atoms in total. The van der Waals surface area contributed by atoms with E-state index >= 15 is 0 Å². The fraction of sp³-hybridized carbons (Fsp3) is 0. The van der Waals surface area contributed by atoms with Crippen LogP contribution in [0.1, 0.15) is 0 Å². The van der Waals surface area contributed by atoms with Gasteiger partial charge in [0.25, 0.3) is 0 Å². The molecule has 0 aromatic heterocycles. The number of hydrogen-bond donors (Lipinski definition) is 0. The molecule has 0 aliphatic carbocycles. The average Bonchev–Trinajstić information content (AvgIpc) is 2.30. The summed E-state index contributed by atoms with van der Waals surface area (Å²) in [5, 5.41) is 0. The molecule has 82 valence electrons. The first kappa shape index (κ1) is 11.9. The van der Waals surface area contributed by atoms with Crippen LogP contribution in [0.4, 0.5) is 8.78 Å². The summed E-state index contributed by atoms with van der Waals surface area (Å²) in [7, 11) is 6.40. The zero-order valence-corrected chi connectivity index (χ0v) is 12.4. The Morgan fingerprint density at radius 1 is 0.688 bits per heavy atom. The van der Waals surface area contributed by atoms with Gasteiger partial charge in [0.2, 0.25) is 0 Å². The van der Waals surface area contributed by atoms with Gasteiger partial charge in [-0.2, -0.15) is 0 Å². The number of halogens is 3. The van der Waals surface area contributed by atoms with Crippen molar-refractivity contribution in [2.75, 3.05) is 0 Å². The summed E-state index contributed by atoms with van der Waals surface area (Å²) < 4.78 is 27.5. The van der Waals surface area contributed by atoms with Crippen molar-refractivity contribution in [3.63, 3.8) is 0 Å². The molecule has 0 fully saturated rings. The van der Waals surface area contributed by atoms with Crippen molar-refractivity contribution >= 4 is 35.6 Å². The van der Waals surface area contributed by atoms with Crippen LogP contribution in [-0.2, 0) is 0 Å². The zero-order valence-electron chi connectivity index (χ0n) is 8.20. The first-order valence-electron chi connectivity index (χ1n) is 4.64. The minimum atomic E-state index is -2.49. The zero-order chi connectivity index (χ0) is 11.5. The molecule has 2 aromatic rings. The summed E-state index contributed by atoms with van der Waals surface area (Å²) in [6.45, 7) is 0. The van der Waals surface area contributed by atoms with Crippen molar-refractivity contribution in [1.82, 2.24) is 0 Å². The van der Waals surface area contributed by atoms with Gasteiger partial charge in [-0.1, -0.05) is 0 Å².